The van der Waals surface area contributed by atoms with Crippen molar-refractivity contribution >= 4 is 23.1 Å². The number of aryl methyl sites for hydroxylation is 3. The molecule has 1 amide bonds. The third-order valence-corrected chi connectivity index (χ3v) is 4.25. The lowest BCUT2D eigenvalue weighted by atomic mass is 10.1. The van der Waals surface area contributed by atoms with Crippen molar-refractivity contribution in [2.75, 3.05) is 10.6 Å². The van der Waals surface area contributed by atoms with E-state index in [1.165, 1.54) is 5.56 Å². The Balaban J connectivity index is 1.84. The van der Waals surface area contributed by atoms with Crippen molar-refractivity contribution in [3.8, 4) is 6.07 Å². The van der Waals surface area contributed by atoms with E-state index in [-0.39, 0.29) is 5.91 Å². The Kier molecular flexibility index (Phi) is 5.18. The topological polar surface area (TPSA) is 77.8 Å². The molecule has 0 radical (unpaired) electrons. The molecule has 0 saturated heterocycles. The van der Waals surface area contributed by atoms with Crippen LogP contribution in [-0.4, -0.2) is 10.9 Å². The van der Waals surface area contributed by atoms with Crippen LogP contribution in [0.15, 0.2) is 54.7 Å². The number of carbonyl (C=O) groups excluding carboxylic acids is 1. The second kappa shape index (κ2) is 7.71. The standard InChI is InChI=1S/C22H20N4O/c1-14-10-15(2)21(16(3)11-14)26-20-12-17(8-9-24-20)22(27)25-19-7-5-4-6-18(19)13-23/h4-12H,1-3H3,(H,24,26)(H,25,27). The average Bonchev–Trinajstić information content (AvgIpc) is 2.65. The third kappa shape index (κ3) is 4.13. The maximum atomic E-state index is 12.6. The smallest absolute Gasteiger partial charge is 0.255 e. The van der Waals surface area contributed by atoms with E-state index < -0.39 is 0 Å². The second-order valence-electron chi connectivity index (χ2n) is 6.44. The molecular formula is C22H20N4O. The summed E-state index contributed by atoms with van der Waals surface area (Å²) in [5, 5.41) is 15.2. The first-order chi connectivity index (χ1) is 13.0. The molecular weight excluding hydrogens is 336 g/mol. The van der Waals surface area contributed by atoms with E-state index in [0.717, 1.165) is 16.8 Å². The fourth-order valence-electron chi connectivity index (χ4n) is 3.03. The number of para-hydroxylation sites is 1. The van der Waals surface area contributed by atoms with E-state index in [9.17, 15) is 4.79 Å². The van der Waals surface area contributed by atoms with Gasteiger partial charge in [-0.15, -0.1) is 0 Å². The number of rotatable bonds is 4. The quantitative estimate of drug-likeness (QED) is 0.699. The van der Waals surface area contributed by atoms with Gasteiger partial charge in [-0.3, -0.25) is 4.79 Å². The van der Waals surface area contributed by atoms with Crippen LogP contribution in [-0.2, 0) is 0 Å². The Labute approximate surface area is 158 Å². The first kappa shape index (κ1) is 18.2. The Morgan fingerprint density at radius 3 is 2.44 bits per heavy atom. The van der Waals surface area contributed by atoms with Crippen molar-refractivity contribution in [2.24, 2.45) is 0 Å². The zero-order valence-electron chi connectivity index (χ0n) is 15.5. The van der Waals surface area contributed by atoms with Crippen LogP contribution in [0.4, 0.5) is 17.2 Å². The first-order valence-corrected chi connectivity index (χ1v) is 8.59. The number of nitrogens with zero attached hydrogens (tertiary/aromatic N) is 2. The molecule has 0 bridgehead atoms. The van der Waals surface area contributed by atoms with Gasteiger partial charge in [-0.05, 0) is 56.2 Å². The van der Waals surface area contributed by atoms with Crippen LogP contribution in [0.1, 0.15) is 32.6 Å². The molecule has 3 rings (SSSR count). The minimum Gasteiger partial charge on any atom is -0.340 e. The monoisotopic (exact) mass is 356 g/mol. The lowest BCUT2D eigenvalue weighted by Gasteiger charge is -2.14. The molecule has 0 atom stereocenters. The van der Waals surface area contributed by atoms with Gasteiger partial charge < -0.3 is 10.6 Å². The molecule has 134 valence electrons. The summed E-state index contributed by atoms with van der Waals surface area (Å²) in [5.74, 6) is 0.298. The maximum absolute atomic E-state index is 12.6. The number of benzene rings is 2. The summed E-state index contributed by atoms with van der Waals surface area (Å²) in [6.07, 6.45) is 1.59. The van der Waals surface area contributed by atoms with Crippen molar-refractivity contribution in [1.29, 1.82) is 5.26 Å². The minimum atomic E-state index is -0.291. The molecule has 0 saturated carbocycles. The molecule has 1 aromatic heterocycles. The Morgan fingerprint density at radius 2 is 1.74 bits per heavy atom. The number of pyridine rings is 1. The molecule has 27 heavy (non-hydrogen) atoms. The van der Waals surface area contributed by atoms with Gasteiger partial charge in [0.05, 0.1) is 11.3 Å². The lowest BCUT2D eigenvalue weighted by molar-refractivity contribution is 0.102. The molecule has 0 aliphatic carbocycles. The molecule has 5 heteroatoms. The second-order valence-corrected chi connectivity index (χ2v) is 6.44. The number of hydrogen-bond acceptors (Lipinski definition) is 4. The van der Waals surface area contributed by atoms with Crippen LogP contribution in [0, 0.1) is 32.1 Å². The zero-order valence-corrected chi connectivity index (χ0v) is 15.5. The molecule has 3 aromatic rings. The van der Waals surface area contributed by atoms with Crippen molar-refractivity contribution in [1.82, 2.24) is 4.98 Å². The summed E-state index contributed by atoms with van der Waals surface area (Å²) in [6, 6.07) is 16.5. The largest absolute Gasteiger partial charge is 0.340 e. The van der Waals surface area contributed by atoms with Crippen molar-refractivity contribution in [2.45, 2.75) is 20.8 Å². The van der Waals surface area contributed by atoms with Gasteiger partial charge in [0.15, 0.2) is 0 Å². The third-order valence-electron chi connectivity index (χ3n) is 4.25. The van der Waals surface area contributed by atoms with Gasteiger partial charge in [0.25, 0.3) is 5.91 Å². The molecule has 2 N–H and O–H groups in total. The van der Waals surface area contributed by atoms with E-state index in [2.05, 4.69) is 40.7 Å². The Morgan fingerprint density at radius 1 is 1.04 bits per heavy atom. The average molecular weight is 356 g/mol. The summed E-state index contributed by atoms with van der Waals surface area (Å²) in [6.45, 7) is 6.14. The van der Waals surface area contributed by atoms with E-state index in [1.807, 2.05) is 13.8 Å². The van der Waals surface area contributed by atoms with Crippen LogP contribution >= 0.6 is 0 Å². The van der Waals surface area contributed by atoms with Gasteiger partial charge in [-0.25, -0.2) is 4.98 Å². The van der Waals surface area contributed by atoms with Gasteiger partial charge in [-0.1, -0.05) is 29.8 Å². The van der Waals surface area contributed by atoms with Gasteiger partial charge in [0.2, 0.25) is 0 Å². The number of nitriles is 1. The van der Waals surface area contributed by atoms with Crippen LogP contribution < -0.4 is 10.6 Å². The predicted molar refractivity (Wildman–Crippen MR) is 107 cm³/mol. The first-order valence-electron chi connectivity index (χ1n) is 8.59. The normalized spacial score (nSPS) is 10.1. The van der Waals surface area contributed by atoms with E-state index in [0.29, 0.717) is 22.6 Å². The van der Waals surface area contributed by atoms with Crippen LogP contribution in [0.5, 0.6) is 0 Å². The molecule has 0 fully saturated rings. The number of nitrogens with one attached hydrogen (secondary N) is 2. The van der Waals surface area contributed by atoms with E-state index >= 15 is 0 Å². The fourth-order valence-corrected chi connectivity index (χ4v) is 3.03. The van der Waals surface area contributed by atoms with E-state index in [1.54, 1.807) is 42.6 Å². The van der Waals surface area contributed by atoms with Gasteiger partial charge in [-0.2, -0.15) is 5.26 Å². The molecule has 1 heterocycles. The van der Waals surface area contributed by atoms with Crippen molar-refractivity contribution in [3.63, 3.8) is 0 Å². The number of aromatic nitrogens is 1. The van der Waals surface area contributed by atoms with Crippen molar-refractivity contribution in [3.05, 3.63) is 82.5 Å². The lowest BCUT2D eigenvalue weighted by Crippen LogP contribution is -2.13. The highest BCUT2D eigenvalue weighted by atomic mass is 16.1. The van der Waals surface area contributed by atoms with E-state index in [4.69, 9.17) is 5.26 Å². The maximum Gasteiger partial charge on any atom is 0.255 e. The van der Waals surface area contributed by atoms with Crippen LogP contribution in [0.2, 0.25) is 0 Å². The zero-order chi connectivity index (χ0) is 19.4. The molecule has 0 spiro atoms. The highest BCUT2D eigenvalue weighted by Crippen LogP contribution is 2.25. The summed E-state index contributed by atoms with van der Waals surface area (Å²) < 4.78 is 0. The highest BCUT2D eigenvalue weighted by molar-refractivity contribution is 6.05. The Bertz CT molecular complexity index is 1030. The summed E-state index contributed by atoms with van der Waals surface area (Å²) in [7, 11) is 0. The molecule has 5 nitrogen and oxygen atoms in total. The van der Waals surface area contributed by atoms with Gasteiger partial charge in [0.1, 0.15) is 11.9 Å². The molecule has 0 unspecified atom stereocenters. The van der Waals surface area contributed by atoms with Crippen molar-refractivity contribution < 1.29 is 4.79 Å². The van der Waals surface area contributed by atoms with Crippen LogP contribution in [0.25, 0.3) is 0 Å². The SMILES string of the molecule is Cc1cc(C)c(Nc2cc(C(=O)Nc3ccccc3C#N)ccn2)c(C)c1. The molecule has 0 aliphatic heterocycles. The summed E-state index contributed by atoms with van der Waals surface area (Å²) in [4.78, 5) is 16.9. The number of anilines is 3. The Hall–Kier alpha value is -3.65. The minimum absolute atomic E-state index is 0.291. The predicted octanol–water partition coefficient (Wildman–Crippen LogP) is 4.87. The van der Waals surface area contributed by atoms with Gasteiger partial charge in [0, 0.05) is 17.4 Å². The summed E-state index contributed by atoms with van der Waals surface area (Å²) in [5.41, 5.74) is 5.79. The number of hydrogen-bond donors (Lipinski definition) is 2. The highest BCUT2D eigenvalue weighted by Gasteiger charge is 2.11. The molecule has 2 aromatic carbocycles. The fraction of sp³-hybridized carbons (Fsp3) is 0.136. The summed E-state index contributed by atoms with van der Waals surface area (Å²) >= 11 is 0. The number of amides is 1. The van der Waals surface area contributed by atoms with Gasteiger partial charge >= 0.3 is 0 Å². The van der Waals surface area contributed by atoms with Crippen LogP contribution in [0.3, 0.4) is 0 Å². The number of carbonyl (C=O) groups is 1. The molecule has 0 aliphatic rings.